The summed E-state index contributed by atoms with van der Waals surface area (Å²) in [6.07, 6.45) is 3.00. The van der Waals surface area contributed by atoms with Gasteiger partial charge in [0.15, 0.2) is 0 Å². The van der Waals surface area contributed by atoms with Crippen LogP contribution in [0.5, 0.6) is 11.6 Å². The third-order valence-electron chi connectivity index (χ3n) is 5.06. The number of methoxy groups -OCH3 is 1. The van der Waals surface area contributed by atoms with Crippen LogP contribution in [0.25, 0.3) is 11.3 Å². The van der Waals surface area contributed by atoms with Crippen LogP contribution in [0.1, 0.15) is 28.8 Å². The molecular weight excluding hydrogens is 426 g/mol. The van der Waals surface area contributed by atoms with Crippen molar-refractivity contribution in [3.8, 4) is 29.0 Å². The van der Waals surface area contributed by atoms with Crippen molar-refractivity contribution in [2.75, 3.05) is 25.6 Å². The van der Waals surface area contributed by atoms with E-state index in [0.29, 0.717) is 41.9 Å². The largest absolute Gasteiger partial charge is 0.489 e. The van der Waals surface area contributed by atoms with E-state index < -0.39 is 5.97 Å². The van der Waals surface area contributed by atoms with E-state index in [0.717, 1.165) is 18.4 Å². The first-order valence-corrected chi connectivity index (χ1v) is 10.2. The Morgan fingerprint density at radius 2 is 2.00 bits per heavy atom. The molecule has 10 nitrogen and oxygen atoms in total. The average molecular weight is 447 g/mol. The molecule has 0 unspecified atom stereocenters. The molecule has 4 rings (SSSR count). The first-order valence-electron chi connectivity index (χ1n) is 10.2. The molecule has 10 heteroatoms. The molecule has 1 aromatic carbocycles. The Morgan fingerprint density at radius 3 is 2.73 bits per heavy atom. The summed E-state index contributed by atoms with van der Waals surface area (Å²) >= 11 is 0. The van der Waals surface area contributed by atoms with Crippen molar-refractivity contribution < 1.29 is 24.1 Å². The lowest BCUT2D eigenvalue weighted by atomic mass is 10.1. The Bertz CT molecular complexity index is 1200. The molecule has 0 bridgehead atoms. The normalized spacial score (nSPS) is 13.7. The molecule has 2 N–H and O–H groups in total. The number of nitriles is 1. The van der Waals surface area contributed by atoms with E-state index in [-0.39, 0.29) is 17.5 Å². The monoisotopic (exact) mass is 447 g/mol. The maximum absolute atomic E-state index is 11.2. The Morgan fingerprint density at radius 1 is 1.18 bits per heavy atom. The summed E-state index contributed by atoms with van der Waals surface area (Å²) in [7, 11) is 1.35. The predicted octanol–water partition coefficient (Wildman–Crippen LogP) is 3.42. The minimum absolute atomic E-state index is 0.0134. The molecule has 0 amide bonds. The Balaban J connectivity index is 1.55. The van der Waals surface area contributed by atoms with Crippen LogP contribution in [0.4, 0.5) is 11.6 Å². The van der Waals surface area contributed by atoms with E-state index in [1.165, 1.54) is 25.6 Å². The zero-order valence-electron chi connectivity index (χ0n) is 17.8. The van der Waals surface area contributed by atoms with Gasteiger partial charge in [0, 0.05) is 24.5 Å². The van der Waals surface area contributed by atoms with Crippen LogP contribution < -0.4 is 14.8 Å². The zero-order chi connectivity index (χ0) is 23.2. The van der Waals surface area contributed by atoms with Crippen LogP contribution in [-0.4, -0.2) is 52.5 Å². The number of pyridine rings is 1. The molecule has 1 aliphatic heterocycles. The number of aromatic nitrogens is 3. The smallest absolute Gasteiger partial charge is 0.341 e. The topological polar surface area (TPSA) is 139 Å². The molecule has 1 saturated heterocycles. The van der Waals surface area contributed by atoms with Crippen LogP contribution in [-0.2, 0) is 4.74 Å². The number of aromatic carboxylic acids is 1. The van der Waals surface area contributed by atoms with E-state index in [4.69, 9.17) is 14.2 Å². The lowest BCUT2D eigenvalue weighted by Crippen LogP contribution is -2.26. The molecule has 1 fully saturated rings. The fourth-order valence-electron chi connectivity index (χ4n) is 3.40. The number of benzene rings is 1. The lowest BCUT2D eigenvalue weighted by Gasteiger charge is -2.23. The second kappa shape index (κ2) is 9.93. The number of carbonyl (C=O) groups is 1. The molecule has 1 aliphatic rings. The zero-order valence-corrected chi connectivity index (χ0v) is 17.8. The predicted molar refractivity (Wildman–Crippen MR) is 118 cm³/mol. The van der Waals surface area contributed by atoms with Gasteiger partial charge in [-0.1, -0.05) is 0 Å². The van der Waals surface area contributed by atoms with Crippen molar-refractivity contribution in [3.63, 3.8) is 0 Å². The van der Waals surface area contributed by atoms with Crippen molar-refractivity contribution in [2.24, 2.45) is 0 Å². The van der Waals surface area contributed by atoms with E-state index >= 15 is 0 Å². The fourth-order valence-corrected chi connectivity index (χ4v) is 3.40. The lowest BCUT2D eigenvalue weighted by molar-refractivity contribution is 0.0254. The number of nitrogens with one attached hydrogen (secondary N) is 1. The Labute approximate surface area is 189 Å². The van der Waals surface area contributed by atoms with E-state index in [1.807, 2.05) is 6.07 Å². The number of carboxylic acids is 1. The minimum Gasteiger partial charge on any atom is -0.489 e. The highest BCUT2D eigenvalue weighted by molar-refractivity contribution is 5.90. The third kappa shape index (κ3) is 5.16. The molecule has 3 heterocycles. The standard InChI is InChI=1S/C23H21N5O5/c1-31-22-17(23(29)30)3-5-20(28-22)27-21-11-18(25-13-26-21)14-2-4-19(15(10-14)12-24)33-16-6-8-32-9-7-16/h2-5,10-11,13,16H,6-9H2,1H3,(H,29,30)(H,25,26,27,28). The summed E-state index contributed by atoms with van der Waals surface area (Å²) < 4.78 is 16.4. The highest BCUT2D eigenvalue weighted by Crippen LogP contribution is 2.29. The molecule has 2 aromatic heterocycles. The van der Waals surface area contributed by atoms with Crippen molar-refractivity contribution in [1.29, 1.82) is 5.26 Å². The maximum Gasteiger partial charge on any atom is 0.341 e. The molecule has 3 aromatic rings. The summed E-state index contributed by atoms with van der Waals surface area (Å²) in [5, 5.41) is 21.8. The SMILES string of the molecule is COc1nc(Nc2cc(-c3ccc(OC4CCOCC4)c(C#N)c3)ncn2)ccc1C(=O)O. The van der Waals surface area contributed by atoms with E-state index in [2.05, 4.69) is 26.3 Å². The van der Waals surface area contributed by atoms with E-state index in [9.17, 15) is 15.2 Å². The second-order valence-corrected chi connectivity index (χ2v) is 7.22. The molecule has 0 spiro atoms. The summed E-state index contributed by atoms with van der Waals surface area (Å²) in [5.74, 6) is 0.196. The van der Waals surface area contributed by atoms with Gasteiger partial charge >= 0.3 is 5.97 Å². The number of hydrogen-bond acceptors (Lipinski definition) is 9. The quantitative estimate of drug-likeness (QED) is 0.553. The summed E-state index contributed by atoms with van der Waals surface area (Å²) in [5.41, 5.74) is 1.69. The molecular formula is C23H21N5O5. The molecule has 0 saturated carbocycles. The third-order valence-corrected chi connectivity index (χ3v) is 5.06. The molecule has 33 heavy (non-hydrogen) atoms. The summed E-state index contributed by atoms with van der Waals surface area (Å²) in [6.45, 7) is 1.31. The van der Waals surface area contributed by atoms with Gasteiger partial charge in [-0.3, -0.25) is 0 Å². The van der Waals surface area contributed by atoms with Crippen molar-refractivity contribution in [2.45, 2.75) is 18.9 Å². The van der Waals surface area contributed by atoms with Crippen molar-refractivity contribution >= 4 is 17.6 Å². The van der Waals surface area contributed by atoms with Crippen LogP contribution >= 0.6 is 0 Å². The highest BCUT2D eigenvalue weighted by Gasteiger charge is 2.18. The van der Waals surface area contributed by atoms with Crippen LogP contribution in [0.3, 0.4) is 0 Å². The molecule has 168 valence electrons. The number of carboxylic acid groups (broad SMARTS) is 1. The first kappa shape index (κ1) is 22.0. The van der Waals surface area contributed by atoms with Gasteiger partial charge in [0.25, 0.3) is 0 Å². The second-order valence-electron chi connectivity index (χ2n) is 7.22. The average Bonchev–Trinajstić information content (AvgIpc) is 2.85. The van der Waals surface area contributed by atoms with Crippen LogP contribution in [0, 0.1) is 11.3 Å². The van der Waals surface area contributed by atoms with Crippen LogP contribution in [0.15, 0.2) is 42.7 Å². The Kier molecular flexibility index (Phi) is 6.61. The number of hydrogen-bond donors (Lipinski definition) is 2. The van der Waals surface area contributed by atoms with Gasteiger partial charge in [-0.2, -0.15) is 10.2 Å². The van der Waals surface area contributed by atoms with Crippen molar-refractivity contribution in [1.82, 2.24) is 15.0 Å². The number of nitrogens with zero attached hydrogens (tertiary/aromatic N) is 4. The van der Waals surface area contributed by atoms with Crippen LogP contribution in [0.2, 0.25) is 0 Å². The minimum atomic E-state index is -1.13. The van der Waals surface area contributed by atoms with Gasteiger partial charge in [0.1, 0.15) is 41.4 Å². The number of rotatable bonds is 7. The van der Waals surface area contributed by atoms with Gasteiger partial charge in [0.2, 0.25) is 5.88 Å². The summed E-state index contributed by atoms with van der Waals surface area (Å²) in [4.78, 5) is 23.9. The van der Waals surface area contributed by atoms with Gasteiger partial charge in [-0.25, -0.2) is 14.8 Å². The first-order chi connectivity index (χ1) is 16.1. The number of ether oxygens (including phenoxy) is 3. The fraction of sp³-hybridized carbons (Fsp3) is 0.261. The molecule has 0 radical (unpaired) electrons. The highest BCUT2D eigenvalue weighted by atomic mass is 16.5. The van der Waals surface area contributed by atoms with Gasteiger partial charge in [0.05, 0.1) is 31.6 Å². The maximum atomic E-state index is 11.2. The van der Waals surface area contributed by atoms with Gasteiger partial charge < -0.3 is 24.6 Å². The Hall–Kier alpha value is -4.23. The summed E-state index contributed by atoms with van der Waals surface area (Å²) in [6, 6.07) is 12.1. The van der Waals surface area contributed by atoms with E-state index in [1.54, 1.807) is 18.2 Å². The molecule has 0 atom stereocenters. The van der Waals surface area contributed by atoms with Gasteiger partial charge in [-0.15, -0.1) is 0 Å². The van der Waals surface area contributed by atoms with Gasteiger partial charge in [-0.05, 0) is 30.3 Å². The molecule has 0 aliphatic carbocycles. The van der Waals surface area contributed by atoms with Crippen molar-refractivity contribution in [3.05, 3.63) is 53.9 Å². The number of anilines is 2.